The summed E-state index contributed by atoms with van der Waals surface area (Å²) in [7, 11) is 0. The largest absolute Gasteiger partial charge is 0.494 e. The number of hydrogen-bond acceptors (Lipinski definition) is 7. The number of aromatic nitrogens is 5. The fraction of sp³-hybridized carbons (Fsp3) is 0.368. The summed E-state index contributed by atoms with van der Waals surface area (Å²) in [5.74, 6) is 3.32. The first kappa shape index (κ1) is 19.7. The molecule has 0 radical (unpaired) electrons. The molecule has 0 spiro atoms. The highest BCUT2D eigenvalue weighted by molar-refractivity contribution is 7.99. The van der Waals surface area contributed by atoms with Crippen molar-refractivity contribution in [2.45, 2.75) is 43.8 Å². The Balaban J connectivity index is 1.86. The van der Waals surface area contributed by atoms with E-state index < -0.39 is 0 Å². The van der Waals surface area contributed by atoms with E-state index in [9.17, 15) is 0 Å². The van der Waals surface area contributed by atoms with Gasteiger partial charge in [-0.15, -0.1) is 10.2 Å². The van der Waals surface area contributed by atoms with E-state index in [0.717, 1.165) is 44.7 Å². The van der Waals surface area contributed by atoms with Crippen LogP contribution in [0.3, 0.4) is 0 Å². The minimum Gasteiger partial charge on any atom is -0.494 e. The standard InChI is InChI=1S/C19H23N5OS2/c1-5-25-16-9-7-15(8-10-16)24-17(22-23-19(24)26-6-2)12-27-18-20-13(3)11-14(4)21-18/h7-11H,5-6,12H2,1-4H3. The Labute approximate surface area is 168 Å². The SMILES string of the molecule is CCOc1ccc(-n2c(CSc3nc(C)cc(C)n3)nnc2SCC)cc1. The molecule has 6 nitrogen and oxygen atoms in total. The lowest BCUT2D eigenvalue weighted by Crippen LogP contribution is -2.03. The summed E-state index contributed by atoms with van der Waals surface area (Å²) in [6.07, 6.45) is 0. The molecule has 0 N–H and O–H groups in total. The molecule has 0 saturated carbocycles. The molecule has 0 amide bonds. The minimum absolute atomic E-state index is 0.646. The quantitative estimate of drug-likeness (QED) is 0.407. The second-order valence-electron chi connectivity index (χ2n) is 5.82. The fourth-order valence-electron chi connectivity index (χ4n) is 2.62. The van der Waals surface area contributed by atoms with Crippen LogP contribution in [0, 0.1) is 13.8 Å². The lowest BCUT2D eigenvalue weighted by atomic mass is 10.3. The third-order valence-electron chi connectivity index (χ3n) is 3.67. The Morgan fingerprint density at radius 1 is 0.963 bits per heavy atom. The Hall–Kier alpha value is -2.06. The molecule has 1 aromatic carbocycles. The molecule has 0 bridgehead atoms. The highest BCUT2D eigenvalue weighted by Gasteiger charge is 2.15. The molecule has 0 aliphatic rings. The van der Waals surface area contributed by atoms with Gasteiger partial charge in [0.05, 0.1) is 12.4 Å². The Morgan fingerprint density at radius 3 is 2.30 bits per heavy atom. The topological polar surface area (TPSA) is 65.7 Å². The van der Waals surface area contributed by atoms with Crippen molar-refractivity contribution >= 4 is 23.5 Å². The van der Waals surface area contributed by atoms with Crippen LogP contribution in [0.15, 0.2) is 40.6 Å². The first-order chi connectivity index (χ1) is 13.1. The number of rotatable bonds is 8. The van der Waals surface area contributed by atoms with Crippen molar-refractivity contribution in [3.63, 3.8) is 0 Å². The van der Waals surface area contributed by atoms with Crippen LogP contribution in [-0.4, -0.2) is 37.1 Å². The molecule has 0 aliphatic carbocycles. The smallest absolute Gasteiger partial charge is 0.195 e. The van der Waals surface area contributed by atoms with E-state index in [2.05, 4.69) is 31.7 Å². The highest BCUT2D eigenvalue weighted by atomic mass is 32.2. The lowest BCUT2D eigenvalue weighted by molar-refractivity contribution is 0.340. The average Bonchev–Trinajstić information content (AvgIpc) is 3.03. The first-order valence-corrected chi connectivity index (χ1v) is 10.8. The van der Waals surface area contributed by atoms with Crippen LogP contribution in [0.5, 0.6) is 5.75 Å². The van der Waals surface area contributed by atoms with Gasteiger partial charge in [-0.2, -0.15) is 0 Å². The van der Waals surface area contributed by atoms with Gasteiger partial charge < -0.3 is 4.74 Å². The number of aryl methyl sites for hydroxylation is 2. The van der Waals surface area contributed by atoms with Crippen molar-refractivity contribution in [3.8, 4) is 11.4 Å². The van der Waals surface area contributed by atoms with Crippen molar-refractivity contribution in [3.05, 3.63) is 47.5 Å². The van der Waals surface area contributed by atoms with Crippen LogP contribution in [0.1, 0.15) is 31.1 Å². The van der Waals surface area contributed by atoms with Gasteiger partial charge in [-0.25, -0.2) is 9.97 Å². The highest BCUT2D eigenvalue weighted by Crippen LogP contribution is 2.27. The van der Waals surface area contributed by atoms with Crippen LogP contribution in [0.25, 0.3) is 5.69 Å². The van der Waals surface area contributed by atoms with E-state index in [0.29, 0.717) is 12.4 Å². The van der Waals surface area contributed by atoms with E-state index >= 15 is 0 Å². The molecule has 3 rings (SSSR count). The number of nitrogens with zero attached hydrogens (tertiary/aromatic N) is 5. The lowest BCUT2D eigenvalue weighted by Gasteiger charge is -2.11. The molecule has 2 heterocycles. The van der Waals surface area contributed by atoms with E-state index in [1.165, 1.54) is 0 Å². The van der Waals surface area contributed by atoms with Gasteiger partial charge in [0.1, 0.15) is 11.6 Å². The maximum absolute atomic E-state index is 5.55. The summed E-state index contributed by atoms with van der Waals surface area (Å²) < 4.78 is 7.64. The molecule has 27 heavy (non-hydrogen) atoms. The van der Waals surface area contributed by atoms with Gasteiger partial charge in [-0.1, -0.05) is 30.4 Å². The van der Waals surface area contributed by atoms with Crippen LogP contribution < -0.4 is 4.74 Å². The van der Waals surface area contributed by atoms with Gasteiger partial charge in [0, 0.05) is 17.1 Å². The number of hydrogen-bond donors (Lipinski definition) is 0. The summed E-state index contributed by atoms with van der Waals surface area (Å²) in [4.78, 5) is 9.00. The molecule has 0 saturated heterocycles. The van der Waals surface area contributed by atoms with E-state index in [-0.39, 0.29) is 0 Å². The summed E-state index contributed by atoms with van der Waals surface area (Å²) in [6, 6.07) is 10.00. The molecule has 0 fully saturated rings. The number of benzene rings is 1. The zero-order chi connectivity index (χ0) is 19.2. The first-order valence-electron chi connectivity index (χ1n) is 8.86. The third-order valence-corrected chi connectivity index (χ3v) is 5.33. The molecule has 142 valence electrons. The van der Waals surface area contributed by atoms with Gasteiger partial charge in [-0.3, -0.25) is 4.57 Å². The molecule has 8 heteroatoms. The molecular weight excluding hydrogens is 378 g/mol. The van der Waals surface area contributed by atoms with Crippen molar-refractivity contribution in [2.75, 3.05) is 12.4 Å². The number of ether oxygens (including phenoxy) is 1. The summed E-state index contributed by atoms with van der Waals surface area (Å²) in [5, 5.41) is 10.4. The summed E-state index contributed by atoms with van der Waals surface area (Å²) in [6.45, 7) is 8.71. The zero-order valence-corrected chi connectivity index (χ0v) is 17.6. The van der Waals surface area contributed by atoms with Crippen LogP contribution in [0.2, 0.25) is 0 Å². The molecular formula is C19H23N5OS2. The Morgan fingerprint density at radius 2 is 1.67 bits per heavy atom. The maximum atomic E-state index is 5.55. The summed E-state index contributed by atoms with van der Waals surface area (Å²) >= 11 is 3.25. The number of thioether (sulfide) groups is 2. The van der Waals surface area contributed by atoms with Gasteiger partial charge in [0.15, 0.2) is 10.3 Å². The monoisotopic (exact) mass is 401 g/mol. The van der Waals surface area contributed by atoms with E-state index in [1.807, 2.05) is 51.1 Å². The second kappa shape index (κ2) is 9.23. The van der Waals surface area contributed by atoms with E-state index in [1.54, 1.807) is 23.5 Å². The molecule has 0 atom stereocenters. The van der Waals surface area contributed by atoms with Crippen molar-refractivity contribution in [1.29, 1.82) is 0 Å². The van der Waals surface area contributed by atoms with Gasteiger partial charge >= 0.3 is 0 Å². The second-order valence-corrected chi connectivity index (χ2v) is 7.99. The molecule has 3 aromatic rings. The normalized spacial score (nSPS) is 11.0. The van der Waals surface area contributed by atoms with Crippen molar-refractivity contribution < 1.29 is 4.74 Å². The predicted octanol–water partition coefficient (Wildman–Crippen LogP) is 4.48. The molecule has 0 unspecified atom stereocenters. The zero-order valence-electron chi connectivity index (χ0n) is 16.0. The minimum atomic E-state index is 0.646. The van der Waals surface area contributed by atoms with E-state index in [4.69, 9.17) is 4.74 Å². The molecule has 0 aliphatic heterocycles. The molecule has 2 aromatic heterocycles. The van der Waals surface area contributed by atoms with Crippen LogP contribution >= 0.6 is 23.5 Å². The van der Waals surface area contributed by atoms with Crippen LogP contribution in [-0.2, 0) is 5.75 Å². The maximum Gasteiger partial charge on any atom is 0.195 e. The van der Waals surface area contributed by atoms with Crippen LogP contribution in [0.4, 0.5) is 0 Å². The van der Waals surface area contributed by atoms with Gasteiger partial charge in [0.2, 0.25) is 0 Å². The Bertz CT molecular complexity index is 875. The Kier molecular flexibility index (Phi) is 6.73. The third kappa shape index (κ3) is 5.01. The van der Waals surface area contributed by atoms with Gasteiger partial charge in [-0.05, 0) is 56.9 Å². The predicted molar refractivity (Wildman–Crippen MR) is 110 cm³/mol. The summed E-state index contributed by atoms with van der Waals surface area (Å²) in [5.41, 5.74) is 2.97. The fourth-order valence-corrected chi connectivity index (χ4v) is 4.18. The average molecular weight is 402 g/mol. The van der Waals surface area contributed by atoms with Crippen molar-refractivity contribution in [2.24, 2.45) is 0 Å². The van der Waals surface area contributed by atoms with Crippen molar-refractivity contribution in [1.82, 2.24) is 24.7 Å². The van der Waals surface area contributed by atoms with Gasteiger partial charge in [0.25, 0.3) is 0 Å².